The maximum absolute atomic E-state index is 12.3. The molecule has 0 saturated carbocycles. The lowest BCUT2D eigenvalue weighted by Crippen LogP contribution is -2.16. The Morgan fingerprint density at radius 2 is 1.85 bits per heavy atom. The number of para-hydroxylation sites is 2. The molecule has 0 aliphatic heterocycles. The summed E-state index contributed by atoms with van der Waals surface area (Å²) in [4.78, 5) is 14.3. The van der Waals surface area contributed by atoms with Gasteiger partial charge in [-0.05, 0) is 42.8 Å². The molecule has 2 rings (SSSR count). The van der Waals surface area contributed by atoms with Gasteiger partial charge in [0.25, 0.3) is 5.91 Å². The number of carbonyl (C=O) groups excluding carboxylic acids is 1. The van der Waals surface area contributed by atoms with Crippen LogP contribution in [0, 0.1) is 6.92 Å². The lowest BCUT2D eigenvalue weighted by atomic mass is 10.1. The molecule has 0 unspecified atom stereocenters. The van der Waals surface area contributed by atoms with Crippen molar-refractivity contribution >= 4 is 33.2 Å². The van der Waals surface area contributed by atoms with Crippen molar-refractivity contribution in [1.82, 2.24) is 0 Å². The van der Waals surface area contributed by atoms with Crippen LogP contribution in [0.25, 0.3) is 0 Å². The molecule has 0 aliphatic carbocycles. The van der Waals surface area contributed by atoms with E-state index in [0.29, 0.717) is 5.56 Å². The van der Waals surface area contributed by atoms with E-state index in [1.54, 1.807) is 0 Å². The van der Waals surface area contributed by atoms with Gasteiger partial charge in [-0.2, -0.15) is 0 Å². The molecule has 1 N–H and O–H groups in total. The Morgan fingerprint density at radius 3 is 2.50 bits per heavy atom. The van der Waals surface area contributed by atoms with E-state index in [1.165, 1.54) is 0 Å². The Kier molecular flexibility index (Phi) is 4.45. The number of nitrogens with zero attached hydrogens (tertiary/aromatic N) is 1. The van der Waals surface area contributed by atoms with Crippen molar-refractivity contribution in [3.05, 3.63) is 58.1 Å². The number of benzene rings is 2. The zero-order valence-corrected chi connectivity index (χ0v) is 13.4. The molecule has 0 aromatic heterocycles. The van der Waals surface area contributed by atoms with Gasteiger partial charge < -0.3 is 10.2 Å². The summed E-state index contributed by atoms with van der Waals surface area (Å²) in [6.45, 7) is 1.97. The number of amides is 1. The first-order valence-electron chi connectivity index (χ1n) is 6.33. The first kappa shape index (κ1) is 14.6. The topological polar surface area (TPSA) is 32.3 Å². The van der Waals surface area contributed by atoms with Gasteiger partial charge in [-0.1, -0.05) is 28.1 Å². The Bertz CT molecular complexity index is 638. The van der Waals surface area contributed by atoms with Crippen LogP contribution in [0.5, 0.6) is 0 Å². The standard InChI is InChI=1S/C16H17BrN2O/c1-11-10-12(8-9-13(11)17)16(20)18-14-6-4-5-7-15(14)19(2)3/h4-10H,1-3H3,(H,18,20). The highest BCUT2D eigenvalue weighted by Crippen LogP contribution is 2.24. The molecule has 4 heteroatoms. The SMILES string of the molecule is Cc1cc(C(=O)Nc2ccccc2N(C)C)ccc1Br. The van der Waals surface area contributed by atoms with Crippen molar-refractivity contribution in [2.45, 2.75) is 6.92 Å². The van der Waals surface area contributed by atoms with E-state index in [9.17, 15) is 4.79 Å². The molecule has 104 valence electrons. The molecule has 3 nitrogen and oxygen atoms in total. The van der Waals surface area contributed by atoms with E-state index < -0.39 is 0 Å². The minimum Gasteiger partial charge on any atom is -0.376 e. The molecule has 2 aromatic rings. The predicted molar refractivity (Wildman–Crippen MR) is 87.6 cm³/mol. The summed E-state index contributed by atoms with van der Waals surface area (Å²) in [5, 5.41) is 2.96. The van der Waals surface area contributed by atoms with Gasteiger partial charge in [-0.3, -0.25) is 4.79 Å². The molecule has 2 aromatic carbocycles. The van der Waals surface area contributed by atoms with Crippen LogP contribution in [0.2, 0.25) is 0 Å². The number of halogens is 1. The molecule has 0 bridgehead atoms. The summed E-state index contributed by atoms with van der Waals surface area (Å²) < 4.78 is 1.00. The molecule has 0 radical (unpaired) electrons. The summed E-state index contributed by atoms with van der Waals surface area (Å²) in [6, 6.07) is 13.3. The minimum atomic E-state index is -0.102. The Morgan fingerprint density at radius 1 is 1.15 bits per heavy atom. The molecule has 20 heavy (non-hydrogen) atoms. The maximum Gasteiger partial charge on any atom is 0.255 e. The highest BCUT2D eigenvalue weighted by atomic mass is 79.9. The van der Waals surface area contributed by atoms with Crippen LogP contribution < -0.4 is 10.2 Å². The molecule has 0 aliphatic rings. The van der Waals surface area contributed by atoms with E-state index in [0.717, 1.165) is 21.4 Å². The minimum absolute atomic E-state index is 0.102. The summed E-state index contributed by atoms with van der Waals surface area (Å²) >= 11 is 3.44. The second kappa shape index (κ2) is 6.09. The predicted octanol–water partition coefficient (Wildman–Crippen LogP) is 4.08. The summed E-state index contributed by atoms with van der Waals surface area (Å²) in [7, 11) is 3.91. The van der Waals surface area contributed by atoms with Gasteiger partial charge in [0.15, 0.2) is 0 Å². The van der Waals surface area contributed by atoms with Crippen LogP contribution in [0.4, 0.5) is 11.4 Å². The largest absolute Gasteiger partial charge is 0.376 e. The third-order valence-electron chi connectivity index (χ3n) is 3.05. The van der Waals surface area contributed by atoms with E-state index in [2.05, 4.69) is 21.2 Å². The smallest absolute Gasteiger partial charge is 0.255 e. The Hall–Kier alpha value is -1.81. The van der Waals surface area contributed by atoms with Crippen LogP contribution in [-0.2, 0) is 0 Å². The number of carbonyl (C=O) groups is 1. The average Bonchev–Trinajstić information content (AvgIpc) is 2.42. The molecule has 0 fully saturated rings. The number of aryl methyl sites for hydroxylation is 1. The highest BCUT2D eigenvalue weighted by molar-refractivity contribution is 9.10. The molecular formula is C16H17BrN2O. The van der Waals surface area contributed by atoms with Crippen LogP contribution in [0.3, 0.4) is 0 Å². The summed E-state index contributed by atoms with van der Waals surface area (Å²) in [6.07, 6.45) is 0. The zero-order chi connectivity index (χ0) is 14.7. The van der Waals surface area contributed by atoms with Gasteiger partial charge in [-0.15, -0.1) is 0 Å². The van der Waals surface area contributed by atoms with Crippen molar-refractivity contribution in [3.63, 3.8) is 0 Å². The van der Waals surface area contributed by atoms with Crippen LogP contribution in [0.15, 0.2) is 46.9 Å². The van der Waals surface area contributed by atoms with Gasteiger partial charge >= 0.3 is 0 Å². The summed E-state index contributed by atoms with van der Waals surface area (Å²) in [5.74, 6) is -0.102. The van der Waals surface area contributed by atoms with Gasteiger partial charge in [-0.25, -0.2) is 0 Å². The van der Waals surface area contributed by atoms with Crippen molar-refractivity contribution in [3.8, 4) is 0 Å². The Labute approximate surface area is 127 Å². The molecular weight excluding hydrogens is 316 g/mol. The van der Waals surface area contributed by atoms with Crippen LogP contribution >= 0.6 is 15.9 Å². The van der Waals surface area contributed by atoms with Crippen LogP contribution in [-0.4, -0.2) is 20.0 Å². The normalized spacial score (nSPS) is 10.2. The van der Waals surface area contributed by atoms with Crippen molar-refractivity contribution in [2.75, 3.05) is 24.3 Å². The van der Waals surface area contributed by atoms with E-state index in [-0.39, 0.29) is 5.91 Å². The quantitative estimate of drug-likeness (QED) is 0.918. The number of hydrogen-bond acceptors (Lipinski definition) is 2. The fourth-order valence-corrected chi connectivity index (χ4v) is 2.20. The fourth-order valence-electron chi connectivity index (χ4n) is 1.95. The van der Waals surface area contributed by atoms with Crippen LogP contribution in [0.1, 0.15) is 15.9 Å². The molecule has 0 atom stereocenters. The third-order valence-corrected chi connectivity index (χ3v) is 3.94. The van der Waals surface area contributed by atoms with E-state index in [4.69, 9.17) is 0 Å². The van der Waals surface area contributed by atoms with E-state index in [1.807, 2.05) is 68.4 Å². The fraction of sp³-hybridized carbons (Fsp3) is 0.188. The second-order valence-electron chi connectivity index (χ2n) is 4.83. The molecule has 0 spiro atoms. The van der Waals surface area contributed by atoms with Gasteiger partial charge in [0, 0.05) is 24.1 Å². The molecule has 0 saturated heterocycles. The van der Waals surface area contributed by atoms with Crippen molar-refractivity contribution in [1.29, 1.82) is 0 Å². The number of nitrogens with one attached hydrogen (secondary N) is 1. The highest BCUT2D eigenvalue weighted by Gasteiger charge is 2.10. The first-order chi connectivity index (χ1) is 9.49. The summed E-state index contributed by atoms with van der Waals surface area (Å²) in [5.41, 5.74) is 3.48. The molecule has 0 heterocycles. The Balaban J connectivity index is 2.26. The van der Waals surface area contributed by atoms with Crippen molar-refractivity contribution < 1.29 is 4.79 Å². The van der Waals surface area contributed by atoms with Crippen molar-refractivity contribution in [2.24, 2.45) is 0 Å². The molecule has 1 amide bonds. The lowest BCUT2D eigenvalue weighted by molar-refractivity contribution is 0.102. The second-order valence-corrected chi connectivity index (χ2v) is 5.68. The maximum atomic E-state index is 12.3. The van der Waals surface area contributed by atoms with Gasteiger partial charge in [0.2, 0.25) is 0 Å². The van der Waals surface area contributed by atoms with Gasteiger partial charge in [0.1, 0.15) is 0 Å². The number of anilines is 2. The third kappa shape index (κ3) is 3.20. The monoisotopic (exact) mass is 332 g/mol. The number of hydrogen-bond donors (Lipinski definition) is 1. The average molecular weight is 333 g/mol. The first-order valence-corrected chi connectivity index (χ1v) is 7.12. The van der Waals surface area contributed by atoms with Gasteiger partial charge in [0.05, 0.1) is 11.4 Å². The van der Waals surface area contributed by atoms with E-state index >= 15 is 0 Å². The number of rotatable bonds is 3. The lowest BCUT2D eigenvalue weighted by Gasteiger charge is -2.17. The zero-order valence-electron chi connectivity index (χ0n) is 11.8.